The SMILES string of the molecule is Cc1ccc(C(=O)c2c[nH]cc2-c2ccc(F)c(Cl)c2)c(C)c1. The Morgan fingerprint density at radius 1 is 1.04 bits per heavy atom. The van der Waals surface area contributed by atoms with Gasteiger partial charge < -0.3 is 4.98 Å². The fraction of sp³-hybridized carbons (Fsp3) is 0.105. The number of carbonyl (C=O) groups is 1. The van der Waals surface area contributed by atoms with Gasteiger partial charge in [0.15, 0.2) is 5.78 Å². The third-order valence-corrected chi connectivity index (χ3v) is 4.14. The molecule has 0 saturated carbocycles. The highest BCUT2D eigenvalue weighted by Crippen LogP contribution is 2.29. The first-order valence-corrected chi connectivity index (χ1v) is 7.59. The van der Waals surface area contributed by atoms with Crippen LogP contribution in [-0.4, -0.2) is 10.8 Å². The van der Waals surface area contributed by atoms with Gasteiger partial charge in [0.05, 0.1) is 5.02 Å². The second-order valence-corrected chi connectivity index (χ2v) is 5.97. The van der Waals surface area contributed by atoms with Crippen molar-refractivity contribution in [2.45, 2.75) is 13.8 Å². The second kappa shape index (κ2) is 6.01. The number of aromatic amines is 1. The van der Waals surface area contributed by atoms with E-state index in [2.05, 4.69) is 4.98 Å². The number of rotatable bonds is 3. The van der Waals surface area contributed by atoms with Crippen LogP contribution >= 0.6 is 11.6 Å². The molecule has 0 aliphatic heterocycles. The highest BCUT2D eigenvalue weighted by molar-refractivity contribution is 6.31. The summed E-state index contributed by atoms with van der Waals surface area (Å²) in [6.07, 6.45) is 3.38. The summed E-state index contributed by atoms with van der Waals surface area (Å²) in [5.74, 6) is -0.549. The molecule has 3 aromatic rings. The molecule has 23 heavy (non-hydrogen) atoms. The van der Waals surface area contributed by atoms with E-state index < -0.39 is 5.82 Å². The molecule has 2 nitrogen and oxygen atoms in total. The van der Waals surface area contributed by atoms with Gasteiger partial charge >= 0.3 is 0 Å². The minimum Gasteiger partial charge on any atom is -0.366 e. The number of aryl methyl sites for hydroxylation is 2. The maximum Gasteiger partial charge on any atom is 0.195 e. The van der Waals surface area contributed by atoms with Crippen LogP contribution in [0.2, 0.25) is 5.02 Å². The van der Waals surface area contributed by atoms with E-state index in [0.717, 1.165) is 11.1 Å². The van der Waals surface area contributed by atoms with Gasteiger partial charge in [-0.3, -0.25) is 4.79 Å². The molecule has 1 N–H and O–H groups in total. The van der Waals surface area contributed by atoms with Crippen molar-refractivity contribution in [3.05, 3.63) is 81.9 Å². The molecule has 116 valence electrons. The standard InChI is InChI=1S/C19H15ClFNO/c1-11-3-5-14(12(2)7-11)19(23)16-10-22-9-15(16)13-4-6-18(21)17(20)8-13/h3-10,22H,1-2H3. The van der Waals surface area contributed by atoms with Crippen LogP contribution in [0.15, 0.2) is 48.8 Å². The van der Waals surface area contributed by atoms with E-state index in [-0.39, 0.29) is 10.8 Å². The first-order chi connectivity index (χ1) is 11.0. The highest BCUT2D eigenvalue weighted by atomic mass is 35.5. The summed E-state index contributed by atoms with van der Waals surface area (Å²) in [6.45, 7) is 3.91. The Morgan fingerprint density at radius 2 is 1.83 bits per heavy atom. The molecule has 0 fully saturated rings. The van der Waals surface area contributed by atoms with Gasteiger partial charge in [-0.15, -0.1) is 0 Å². The molecule has 0 bridgehead atoms. The molecular formula is C19H15ClFNO. The van der Waals surface area contributed by atoms with Crippen molar-refractivity contribution >= 4 is 17.4 Å². The first-order valence-electron chi connectivity index (χ1n) is 7.21. The summed E-state index contributed by atoms with van der Waals surface area (Å²) in [5, 5.41) is 0.0358. The number of H-pyrrole nitrogens is 1. The molecule has 0 unspecified atom stereocenters. The van der Waals surface area contributed by atoms with E-state index in [1.807, 2.05) is 32.0 Å². The van der Waals surface area contributed by atoms with Gasteiger partial charge in [0.2, 0.25) is 0 Å². The van der Waals surface area contributed by atoms with Crippen LogP contribution in [0.25, 0.3) is 11.1 Å². The van der Waals surface area contributed by atoms with Gasteiger partial charge in [0.25, 0.3) is 0 Å². The molecule has 2 aromatic carbocycles. The lowest BCUT2D eigenvalue weighted by Gasteiger charge is -2.08. The van der Waals surface area contributed by atoms with Gasteiger partial charge in [-0.2, -0.15) is 0 Å². The maximum absolute atomic E-state index is 13.3. The van der Waals surface area contributed by atoms with Crippen molar-refractivity contribution in [1.82, 2.24) is 4.98 Å². The monoisotopic (exact) mass is 327 g/mol. The van der Waals surface area contributed by atoms with Gasteiger partial charge in [0, 0.05) is 29.1 Å². The van der Waals surface area contributed by atoms with Crippen molar-refractivity contribution in [1.29, 1.82) is 0 Å². The number of benzene rings is 2. The minimum atomic E-state index is -0.479. The highest BCUT2D eigenvalue weighted by Gasteiger charge is 2.18. The van der Waals surface area contributed by atoms with E-state index >= 15 is 0 Å². The van der Waals surface area contributed by atoms with Gasteiger partial charge in [0.1, 0.15) is 5.82 Å². The Balaban J connectivity index is 2.06. The Morgan fingerprint density at radius 3 is 2.52 bits per heavy atom. The first kappa shape index (κ1) is 15.5. The summed E-state index contributed by atoms with van der Waals surface area (Å²) < 4.78 is 13.3. The zero-order chi connectivity index (χ0) is 16.6. The lowest BCUT2D eigenvalue weighted by molar-refractivity contribution is 0.103. The average Bonchev–Trinajstić information content (AvgIpc) is 2.99. The largest absolute Gasteiger partial charge is 0.366 e. The summed E-state index contributed by atoms with van der Waals surface area (Å²) >= 11 is 5.85. The average molecular weight is 328 g/mol. The van der Waals surface area contributed by atoms with Crippen LogP contribution in [-0.2, 0) is 0 Å². The number of halogens is 2. The third kappa shape index (κ3) is 2.92. The quantitative estimate of drug-likeness (QED) is 0.649. The van der Waals surface area contributed by atoms with E-state index in [1.165, 1.54) is 12.1 Å². The van der Waals surface area contributed by atoms with Crippen LogP contribution in [0.3, 0.4) is 0 Å². The number of ketones is 1. The number of carbonyl (C=O) groups excluding carboxylic acids is 1. The molecule has 1 heterocycles. The lowest BCUT2D eigenvalue weighted by atomic mass is 9.95. The van der Waals surface area contributed by atoms with Crippen LogP contribution in [0.5, 0.6) is 0 Å². The smallest absolute Gasteiger partial charge is 0.195 e. The molecule has 0 saturated heterocycles. The molecule has 0 aliphatic carbocycles. The van der Waals surface area contributed by atoms with Gasteiger partial charge in [-0.05, 0) is 37.1 Å². The summed E-state index contributed by atoms with van der Waals surface area (Å²) in [6, 6.07) is 10.2. The fourth-order valence-electron chi connectivity index (χ4n) is 2.67. The minimum absolute atomic E-state index is 0.0358. The van der Waals surface area contributed by atoms with E-state index in [4.69, 9.17) is 11.6 Å². The molecule has 0 aliphatic rings. The Bertz CT molecular complexity index is 898. The van der Waals surface area contributed by atoms with Crippen LogP contribution < -0.4 is 0 Å². The Kier molecular flexibility index (Phi) is 4.05. The molecule has 0 spiro atoms. The van der Waals surface area contributed by atoms with Crippen molar-refractivity contribution in [2.24, 2.45) is 0 Å². The van der Waals surface area contributed by atoms with Crippen molar-refractivity contribution < 1.29 is 9.18 Å². The molecular weight excluding hydrogens is 313 g/mol. The maximum atomic E-state index is 13.3. The van der Waals surface area contributed by atoms with E-state index in [1.54, 1.807) is 18.5 Å². The van der Waals surface area contributed by atoms with Crippen molar-refractivity contribution in [3.8, 4) is 11.1 Å². The van der Waals surface area contributed by atoms with Gasteiger partial charge in [-0.25, -0.2) is 4.39 Å². The van der Waals surface area contributed by atoms with Crippen LogP contribution in [0.4, 0.5) is 4.39 Å². The third-order valence-electron chi connectivity index (χ3n) is 3.85. The summed E-state index contributed by atoms with van der Waals surface area (Å²) in [7, 11) is 0. The van der Waals surface area contributed by atoms with E-state index in [9.17, 15) is 9.18 Å². The molecule has 0 atom stereocenters. The molecule has 0 amide bonds. The number of hydrogen-bond acceptors (Lipinski definition) is 1. The zero-order valence-corrected chi connectivity index (χ0v) is 13.5. The fourth-order valence-corrected chi connectivity index (χ4v) is 2.85. The molecule has 0 radical (unpaired) electrons. The lowest BCUT2D eigenvalue weighted by Crippen LogP contribution is -2.04. The summed E-state index contributed by atoms with van der Waals surface area (Å²) in [5.41, 5.74) is 4.64. The number of hydrogen-bond donors (Lipinski definition) is 1. The van der Waals surface area contributed by atoms with Crippen molar-refractivity contribution in [3.63, 3.8) is 0 Å². The molecule has 3 rings (SSSR count). The van der Waals surface area contributed by atoms with Gasteiger partial charge in [-0.1, -0.05) is 41.4 Å². The zero-order valence-electron chi connectivity index (χ0n) is 12.8. The predicted molar refractivity (Wildman–Crippen MR) is 90.5 cm³/mol. The molecule has 4 heteroatoms. The molecule has 1 aromatic heterocycles. The summed E-state index contributed by atoms with van der Waals surface area (Å²) in [4.78, 5) is 15.8. The van der Waals surface area contributed by atoms with Crippen LogP contribution in [0, 0.1) is 19.7 Å². The predicted octanol–water partition coefficient (Wildman–Crippen LogP) is 5.32. The Labute approximate surface area is 138 Å². The second-order valence-electron chi connectivity index (χ2n) is 5.56. The van der Waals surface area contributed by atoms with E-state index in [0.29, 0.717) is 22.3 Å². The van der Waals surface area contributed by atoms with Crippen LogP contribution in [0.1, 0.15) is 27.0 Å². The normalized spacial score (nSPS) is 10.8. The number of aromatic nitrogens is 1. The Hall–Kier alpha value is -2.39. The topological polar surface area (TPSA) is 32.9 Å². The van der Waals surface area contributed by atoms with Crippen molar-refractivity contribution in [2.75, 3.05) is 0 Å². The number of nitrogens with one attached hydrogen (secondary N) is 1.